The molecule has 1 aromatic rings. The molecular weight excluding hydrogens is 299 g/mol. The van der Waals surface area contributed by atoms with Gasteiger partial charge in [0.2, 0.25) is 5.91 Å². The van der Waals surface area contributed by atoms with Gasteiger partial charge in [0.1, 0.15) is 5.82 Å². The van der Waals surface area contributed by atoms with Gasteiger partial charge in [0.25, 0.3) is 0 Å². The van der Waals surface area contributed by atoms with Crippen molar-refractivity contribution in [3.8, 4) is 0 Å². The topological polar surface area (TPSA) is 55.1 Å². The average molecular weight is 317 g/mol. The number of unbranched alkanes of at least 4 members (excludes halogenated alkanes) is 1. The minimum atomic E-state index is -0.545. The van der Waals surface area contributed by atoms with Crippen LogP contribution < -0.4 is 11.1 Å². The highest BCUT2D eigenvalue weighted by atomic mass is 79.9. The lowest BCUT2D eigenvalue weighted by atomic mass is 10.1. The van der Waals surface area contributed by atoms with Gasteiger partial charge in [-0.3, -0.25) is 4.79 Å². The maximum Gasteiger partial charge on any atom is 0.241 e. The largest absolute Gasteiger partial charge is 0.324 e. The fraction of sp³-hybridized carbons (Fsp3) is 0.462. The molecule has 0 fully saturated rings. The van der Waals surface area contributed by atoms with Crippen LogP contribution in [0.1, 0.15) is 31.7 Å². The fourth-order valence-corrected chi connectivity index (χ4v) is 2.02. The second kappa shape index (κ2) is 6.85. The van der Waals surface area contributed by atoms with E-state index in [1.165, 1.54) is 6.07 Å². The van der Waals surface area contributed by atoms with Crippen LogP contribution in [-0.4, -0.2) is 11.9 Å². The van der Waals surface area contributed by atoms with Crippen LogP contribution in [0.15, 0.2) is 16.6 Å². The summed E-state index contributed by atoms with van der Waals surface area (Å²) in [6.07, 6.45) is 2.54. The molecule has 1 aromatic carbocycles. The van der Waals surface area contributed by atoms with Crippen molar-refractivity contribution in [2.24, 2.45) is 5.73 Å². The summed E-state index contributed by atoms with van der Waals surface area (Å²) in [6, 6.07) is 2.38. The minimum absolute atomic E-state index is 0.270. The quantitative estimate of drug-likeness (QED) is 0.875. The standard InChI is InChI=1S/C13H18BrFN2O/c1-3-4-5-11(16)13(18)17-12-7-10(15)9(14)6-8(12)2/h6-7,11H,3-5,16H2,1-2H3,(H,17,18)/t11-/m0/s1. The Balaban J connectivity index is 2.72. The van der Waals surface area contributed by atoms with Crippen molar-refractivity contribution in [1.29, 1.82) is 0 Å². The van der Waals surface area contributed by atoms with Gasteiger partial charge < -0.3 is 11.1 Å². The predicted molar refractivity (Wildman–Crippen MR) is 75.0 cm³/mol. The SMILES string of the molecule is CCCC[C@H](N)C(=O)Nc1cc(F)c(Br)cc1C. The summed E-state index contributed by atoms with van der Waals surface area (Å²) in [7, 11) is 0. The molecule has 0 spiro atoms. The zero-order valence-electron chi connectivity index (χ0n) is 10.6. The lowest BCUT2D eigenvalue weighted by molar-refractivity contribution is -0.117. The van der Waals surface area contributed by atoms with Crippen LogP contribution in [0.2, 0.25) is 0 Å². The van der Waals surface area contributed by atoms with Crippen LogP contribution in [0.3, 0.4) is 0 Å². The number of rotatable bonds is 5. The molecular formula is C13H18BrFN2O. The third-order valence-corrected chi connectivity index (χ3v) is 3.34. The van der Waals surface area contributed by atoms with E-state index in [0.29, 0.717) is 16.6 Å². The van der Waals surface area contributed by atoms with E-state index in [1.54, 1.807) is 13.0 Å². The van der Waals surface area contributed by atoms with E-state index in [1.807, 2.05) is 6.92 Å². The van der Waals surface area contributed by atoms with Crippen LogP contribution in [-0.2, 0) is 4.79 Å². The van der Waals surface area contributed by atoms with Crippen molar-refractivity contribution >= 4 is 27.5 Å². The van der Waals surface area contributed by atoms with Gasteiger partial charge in [-0.2, -0.15) is 0 Å². The first-order valence-electron chi connectivity index (χ1n) is 5.97. The lowest BCUT2D eigenvalue weighted by Gasteiger charge is -2.14. The Bertz CT molecular complexity index is 437. The molecule has 18 heavy (non-hydrogen) atoms. The number of aryl methyl sites for hydroxylation is 1. The molecule has 1 atom stereocenters. The minimum Gasteiger partial charge on any atom is -0.324 e. The second-order valence-electron chi connectivity index (χ2n) is 4.32. The smallest absolute Gasteiger partial charge is 0.241 e. The predicted octanol–water partition coefficient (Wildman–Crippen LogP) is 3.35. The van der Waals surface area contributed by atoms with Gasteiger partial charge in [-0.15, -0.1) is 0 Å². The summed E-state index contributed by atoms with van der Waals surface area (Å²) in [5.41, 5.74) is 7.01. The highest BCUT2D eigenvalue weighted by Gasteiger charge is 2.14. The Kier molecular flexibility index (Phi) is 5.75. The number of hydrogen-bond donors (Lipinski definition) is 2. The van der Waals surface area contributed by atoms with Crippen LogP contribution in [0.4, 0.5) is 10.1 Å². The third-order valence-electron chi connectivity index (χ3n) is 2.73. The Morgan fingerprint density at radius 1 is 1.56 bits per heavy atom. The zero-order chi connectivity index (χ0) is 13.7. The van der Waals surface area contributed by atoms with Gasteiger partial charge in [0.05, 0.1) is 10.5 Å². The lowest BCUT2D eigenvalue weighted by Crippen LogP contribution is -2.35. The zero-order valence-corrected chi connectivity index (χ0v) is 12.2. The first-order valence-corrected chi connectivity index (χ1v) is 6.77. The van der Waals surface area contributed by atoms with E-state index in [2.05, 4.69) is 21.2 Å². The van der Waals surface area contributed by atoms with E-state index in [4.69, 9.17) is 5.73 Å². The molecule has 100 valence electrons. The molecule has 0 heterocycles. The highest BCUT2D eigenvalue weighted by molar-refractivity contribution is 9.10. The van der Waals surface area contributed by atoms with Gasteiger partial charge in [-0.25, -0.2) is 4.39 Å². The number of halogens is 2. The Morgan fingerprint density at radius 2 is 2.22 bits per heavy atom. The maximum absolute atomic E-state index is 13.4. The molecule has 0 bridgehead atoms. The van der Waals surface area contributed by atoms with Gasteiger partial charge >= 0.3 is 0 Å². The normalized spacial score (nSPS) is 12.3. The summed E-state index contributed by atoms with van der Waals surface area (Å²) in [5, 5.41) is 2.66. The average Bonchev–Trinajstić information content (AvgIpc) is 2.32. The summed E-state index contributed by atoms with van der Waals surface area (Å²) in [5.74, 6) is -0.675. The number of hydrogen-bond acceptors (Lipinski definition) is 2. The molecule has 0 radical (unpaired) electrons. The first kappa shape index (κ1) is 15.1. The van der Waals surface area contributed by atoms with Crippen LogP contribution in [0.5, 0.6) is 0 Å². The van der Waals surface area contributed by atoms with Gasteiger partial charge in [-0.05, 0) is 47.0 Å². The number of carbonyl (C=O) groups excluding carboxylic acids is 1. The number of anilines is 1. The van der Waals surface area contributed by atoms with Crippen molar-refractivity contribution in [1.82, 2.24) is 0 Å². The molecule has 0 aliphatic carbocycles. The maximum atomic E-state index is 13.4. The van der Waals surface area contributed by atoms with Crippen LogP contribution in [0, 0.1) is 12.7 Å². The third kappa shape index (κ3) is 4.07. The number of nitrogens with one attached hydrogen (secondary N) is 1. The van der Waals surface area contributed by atoms with Gasteiger partial charge in [-0.1, -0.05) is 19.8 Å². The number of benzene rings is 1. The molecule has 5 heteroatoms. The summed E-state index contributed by atoms with van der Waals surface area (Å²) in [6.45, 7) is 3.84. The Labute approximate surface area is 115 Å². The van der Waals surface area contributed by atoms with Crippen LogP contribution >= 0.6 is 15.9 Å². The number of nitrogens with two attached hydrogens (primary N) is 1. The molecule has 0 aromatic heterocycles. The highest BCUT2D eigenvalue weighted by Crippen LogP contribution is 2.24. The molecule has 1 amide bonds. The first-order chi connectivity index (χ1) is 8.45. The summed E-state index contributed by atoms with van der Waals surface area (Å²) in [4.78, 5) is 11.8. The van der Waals surface area contributed by atoms with Crippen molar-refractivity contribution < 1.29 is 9.18 Å². The molecule has 0 unspecified atom stereocenters. The van der Waals surface area contributed by atoms with Crippen LogP contribution in [0.25, 0.3) is 0 Å². The summed E-state index contributed by atoms with van der Waals surface area (Å²) < 4.78 is 13.8. The monoisotopic (exact) mass is 316 g/mol. The molecule has 0 aliphatic rings. The second-order valence-corrected chi connectivity index (χ2v) is 5.17. The number of amides is 1. The van der Waals surface area contributed by atoms with Crippen molar-refractivity contribution in [2.45, 2.75) is 39.2 Å². The fourth-order valence-electron chi connectivity index (χ4n) is 1.56. The van der Waals surface area contributed by atoms with E-state index in [9.17, 15) is 9.18 Å². The summed E-state index contributed by atoms with van der Waals surface area (Å²) >= 11 is 3.10. The van der Waals surface area contributed by atoms with Gasteiger partial charge in [0, 0.05) is 5.69 Å². The molecule has 1 rings (SSSR count). The number of carbonyl (C=O) groups is 1. The molecule has 3 nitrogen and oxygen atoms in total. The molecule has 0 saturated carbocycles. The van der Waals surface area contributed by atoms with Crippen molar-refractivity contribution in [3.63, 3.8) is 0 Å². The van der Waals surface area contributed by atoms with Crippen molar-refractivity contribution in [3.05, 3.63) is 28.0 Å². The Hall–Kier alpha value is -0.940. The van der Waals surface area contributed by atoms with Crippen molar-refractivity contribution in [2.75, 3.05) is 5.32 Å². The van der Waals surface area contributed by atoms with E-state index in [0.717, 1.165) is 18.4 Å². The van der Waals surface area contributed by atoms with Gasteiger partial charge in [0.15, 0.2) is 0 Å². The van der Waals surface area contributed by atoms with E-state index < -0.39 is 11.9 Å². The van der Waals surface area contributed by atoms with E-state index >= 15 is 0 Å². The molecule has 3 N–H and O–H groups in total. The molecule has 0 saturated heterocycles. The Morgan fingerprint density at radius 3 is 2.83 bits per heavy atom. The molecule has 0 aliphatic heterocycles. The van der Waals surface area contributed by atoms with E-state index in [-0.39, 0.29) is 5.91 Å².